The second-order valence-electron chi connectivity index (χ2n) is 6.29. The minimum Gasteiger partial charge on any atom is -0.361 e. The van der Waals surface area contributed by atoms with Gasteiger partial charge in [-0.3, -0.25) is 4.99 Å². The van der Waals surface area contributed by atoms with E-state index in [2.05, 4.69) is 20.8 Å². The van der Waals surface area contributed by atoms with Crippen molar-refractivity contribution in [3.05, 3.63) is 17.0 Å². The van der Waals surface area contributed by atoms with E-state index < -0.39 is 12.1 Å². The minimum atomic E-state index is -4.07. The van der Waals surface area contributed by atoms with Gasteiger partial charge in [-0.1, -0.05) is 5.16 Å². The van der Waals surface area contributed by atoms with Crippen LogP contribution in [0.4, 0.5) is 13.2 Å². The second kappa shape index (κ2) is 9.63. The third kappa shape index (κ3) is 6.34. The SMILES string of the molecule is CN=C(NCCc1c(C)noc1C)NC1CCC(C(F)(F)F)CC1.I. The largest absolute Gasteiger partial charge is 0.391 e. The highest BCUT2D eigenvalue weighted by Gasteiger charge is 2.41. The molecular weight excluding hydrogens is 448 g/mol. The first kappa shape index (κ1) is 22.0. The number of aliphatic imine (C=N–C) groups is 1. The summed E-state index contributed by atoms with van der Waals surface area (Å²) in [7, 11) is 1.66. The van der Waals surface area contributed by atoms with Gasteiger partial charge in [-0.05, 0) is 46.0 Å². The average molecular weight is 474 g/mol. The summed E-state index contributed by atoms with van der Waals surface area (Å²) in [6.45, 7) is 4.43. The lowest BCUT2D eigenvalue weighted by Gasteiger charge is -2.31. The predicted molar refractivity (Wildman–Crippen MR) is 101 cm³/mol. The maximum atomic E-state index is 12.7. The van der Waals surface area contributed by atoms with Crippen LogP contribution in [0, 0.1) is 19.8 Å². The maximum absolute atomic E-state index is 12.7. The number of nitrogens with one attached hydrogen (secondary N) is 2. The van der Waals surface area contributed by atoms with Crippen LogP contribution in [0.25, 0.3) is 0 Å². The monoisotopic (exact) mass is 474 g/mol. The van der Waals surface area contributed by atoms with E-state index in [-0.39, 0.29) is 42.9 Å². The standard InChI is InChI=1S/C16H25F3N4O.HI/c1-10-14(11(2)24-23-10)8-9-21-15(20-3)22-13-6-4-12(5-7-13)16(17,18)19;/h12-13H,4-9H2,1-3H3,(H2,20,21,22);1H. The molecule has 1 aromatic rings. The quantitative estimate of drug-likeness (QED) is 0.397. The number of alkyl halides is 3. The minimum absolute atomic E-state index is 0. The van der Waals surface area contributed by atoms with Crippen LogP contribution >= 0.6 is 24.0 Å². The fraction of sp³-hybridized carbons (Fsp3) is 0.750. The molecule has 144 valence electrons. The molecule has 0 aromatic carbocycles. The van der Waals surface area contributed by atoms with Crippen molar-refractivity contribution in [2.24, 2.45) is 10.9 Å². The van der Waals surface area contributed by atoms with Crippen molar-refractivity contribution in [2.75, 3.05) is 13.6 Å². The highest BCUT2D eigenvalue weighted by atomic mass is 127. The Bertz CT molecular complexity index is 547. The Morgan fingerprint density at radius 1 is 1.24 bits per heavy atom. The summed E-state index contributed by atoms with van der Waals surface area (Å²) in [6, 6.07) is 0.0360. The van der Waals surface area contributed by atoms with Crippen molar-refractivity contribution in [3.63, 3.8) is 0 Å². The van der Waals surface area contributed by atoms with Gasteiger partial charge in [-0.15, -0.1) is 24.0 Å². The van der Waals surface area contributed by atoms with Crippen molar-refractivity contribution in [1.29, 1.82) is 0 Å². The first-order valence-electron chi connectivity index (χ1n) is 8.27. The fourth-order valence-electron chi connectivity index (χ4n) is 3.12. The van der Waals surface area contributed by atoms with E-state index in [1.807, 2.05) is 13.8 Å². The lowest BCUT2D eigenvalue weighted by atomic mass is 9.85. The van der Waals surface area contributed by atoms with Gasteiger partial charge in [-0.25, -0.2) is 0 Å². The highest BCUT2D eigenvalue weighted by molar-refractivity contribution is 14.0. The van der Waals surface area contributed by atoms with E-state index in [1.165, 1.54) is 0 Å². The summed E-state index contributed by atoms with van der Waals surface area (Å²) in [5, 5.41) is 10.3. The van der Waals surface area contributed by atoms with E-state index in [0.717, 1.165) is 23.4 Å². The number of guanidine groups is 1. The third-order valence-corrected chi connectivity index (χ3v) is 4.60. The number of hydrogen-bond acceptors (Lipinski definition) is 3. The Hall–Kier alpha value is -1.00. The number of halogens is 4. The molecule has 1 heterocycles. The summed E-state index contributed by atoms with van der Waals surface area (Å²) in [5.74, 6) is 0.269. The number of aryl methyl sites for hydroxylation is 2. The molecule has 5 nitrogen and oxygen atoms in total. The average Bonchev–Trinajstić information content (AvgIpc) is 2.85. The Morgan fingerprint density at radius 2 is 1.88 bits per heavy atom. The van der Waals surface area contributed by atoms with Gasteiger partial charge in [0.2, 0.25) is 0 Å². The van der Waals surface area contributed by atoms with E-state index >= 15 is 0 Å². The second-order valence-corrected chi connectivity index (χ2v) is 6.29. The van der Waals surface area contributed by atoms with Crippen molar-refractivity contribution >= 4 is 29.9 Å². The molecule has 9 heteroatoms. The fourth-order valence-corrected chi connectivity index (χ4v) is 3.12. The van der Waals surface area contributed by atoms with Crippen LogP contribution in [-0.2, 0) is 6.42 Å². The first-order valence-corrected chi connectivity index (χ1v) is 8.27. The Balaban J connectivity index is 0.00000312. The molecule has 1 aromatic heterocycles. The van der Waals surface area contributed by atoms with Crippen molar-refractivity contribution < 1.29 is 17.7 Å². The van der Waals surface area contributed by atoms with Crippen LogP contribution in [0.15, 0.2) is 9.52 Å². The molecule has 0 spiro atoms. The summed E-state index contributed by atoms with van der Waals surface area (Å²) in [6.07, 6.45) is -1.94. The zero-order valence-electron chi connectivity index (χ0n) is 14.7. The zero-order chi connectivity index (χ0) is 17.7. The molecule has 0 amide bonds. The van der Waals surface area contributed by atoms with E-state index in [9.17, 15) is 13.2 Å². The van der Waals surface area contributed by atoms with E-state index in [4.69, 9.17) is 4.52 Å². The molecule has 1 aliphatic carbocycles. The number of rotatable bonds is 4. The molecule has 2 N–H and O–H groups in total. The number of aromatic nitrogens is 1. The molecule has 1 aliphatic rings. The maximum Gasteiger partial charge on any atom is 0.391 e. The molecule has 0 saturated heterocycles. The van der Waals surface area contributed by atoms with Gasteiger partial charge in [0.25, 0.3) is 0 Å². The normalized spacial score (nSPS) is 21.6. The van der Waals surface area contributed by atoms with Gasteiger partial charge in [0, 0.05) is 25.2 Å². The summed E-state index contributed by atoms with van der Waals surface area (Å²) >= 11 is 0. The van der Waals surface area contributed by atoms with Gasteiger partial charge in [0.05, 0.1) is 11.6 Å². The van der Waals surface area contributed by atoms with E-state index in [1.54, 1.807) is 7.05 Å². The van der Waals surface area contributed by atoms with Gasteiger partial charge in [0.15, 0.2) is 5.96 Å². The van der Waals surface area contributed by atoms with Crippen LogP contribution in [0.1, 0.15) is 42.7 Å². The Kier molecular flexibility index (Phi) is 8.49. The lowest BCUT2D eigenvalue weighted by Crippen LogP contribution is -2.46. The summed E-state index contributed by atoms with van der Waals surface area (Å²) in [4.78, 5) is 4.15. The molecule has 0 atom stereocenters. The molecule has 1 saturated carbocycles. The number of nitrogens with zero attached hydrogens (tertiary/aromatic N) is 2. The third-order valence-electron chi connectivity index (χ3n) is 4.60. The first-order chi connectivity index (χ1) is 11.3. The molecule has 0 radical (unpaired) electrons. The zero-order valence-corrected chi connectivity index (χ0v) is 17.1. The molecule has 2 rings (SSSR count). The van der Waals surface area contributed by atoms with Crippen LogP contribution < -0.4 is 10.6 Å². The molecule has 1 fully saturated rings. The summed E-state index contributed by atoms with van der Waals surface area (Å²) < 4.78 is 43.2. The van der Waals surface area contributed by atoms with Crippen molar-refractivity contribution in [1.82, 2.24) is 15.8 Å². The van der Waals surface area contributed by atoms with Gasteiger partial charge in [-0.2, -0.15) is 13.2 Å². The lowest BCUT2D eigenvalue weighted by molar-refractivity contribution is -0.182. The van der Waals surface area contributed by atoms with Crippen molar-refractivity contribution in [2.45, 2.75) is 58.2 Å². The molecule has 0 aliphatic heterocycles. The number of hydrogen-bond donors (Lipinski definition) is 2. The molecule has 0 unspecified atom stereocenters. The van der Waals surface area contributed by atoms with Crippen LogP contribution in [0.5, 0.6) is 0 Å². The van der Waals surface area contributed by atoms with Gasteiger partial charge < -0.3 is 15.2 Å². The highest BCUT2D eigenvalue weighted by Crippen LogP contribution is 2.37. The predicted octanol–water partition coefficient (Wildman–Crippen LogP) is 3.74. The van der Waals surface area contributed by atoms with Crippen LogP contribution in [-0.4, -0.2) is 36.9 Å². The van der Waals surface area contributed by atoms with E-state index in [0.29, 0.717) is 25.3 Å². The van der Waals surface area contributed by atoms with Crippen LogP contribution in [0.3, 0.4) is 0 Å². The van der Waals surface area contributed by atoms with Crippen molar-refractivity contribution in [3.8, 4) is 0 Å². The Labute approximate surface area is 163 Å². The molecule has 0 bridgehead atoms. The van der Waals surface area contributed by atoms with Gasteiger partial charge >= 0.3 is 6.18 Å². The topological polar surface area (TPSA) is 62.5 Å². The molecule has 25 heavy (non-hydrogen) atoms. The smallest absolute Gasteiger partial charge is 0.361 e. The Morgan fingerprint density at radius 3 is 2.36 bits per heavy atom. The summed E-state index contributed by atoms with van der Waals surface area (Å²) in [5.41, 5.74) is 1.95. The molecular formula is C16H26F3IN4O. The van der Waals surface area contributed by atoms with Crippen LogP contribution in [0.2, 0.25) is 0 Å². The van der Waals surface area contributed by atoms with Gasteiger partial charge in [0.1, 0.15) is 5.76 Å².